The van der Waals surface area contributed by atoms with Crippen LogP contribution in [0.4, 0.5) is 5.69 Å². The molecule has 0 spiro atoms. The summed E-state index contributed by atoms with van der Waals surface area (Å²) in [6, 6.07) is 1.02. The van der Waals surface area contributed by atoms with Gasteiger partial charge in [0.25, 0.3) is 0 Å². The summed E-state index contributed by atoms with van der Waals surface area (Å²) in [7, 11) is 0. The van der Waals surface area contributed by atoms with E-state index in [1.165, 1.54) is 11.1 Å². The fourth-order valence-electron chi connectivity index (χ4n) is 2.27. The van der Waals surface area contributed by atoms with Crippen molar-refractivity contribution in [3.05, 3.63) is 23.5 Å². The number of carbonyl (C=O) groups is 3. The monoisotopic (exact) mass is 277 g/mol. The fourth-order valence-corrected chi connectivity index (χ4v) is 2.27. The Morgan fingerprint density at radius 1 is 1.55 bits per heavy atom. The number of rotatable bonds is 3. The topological polar surface area (TPSA) is 99.6 Å². The SMILES string of the molecule is CCC1C(=O)NC(=O)CN1c1cc(C)ncc1C(=O)O. The highest BCUT2D eigenvalue weighted by Gasteiger charge is 2.34. The summed E-state index contributed by atoms with van der Waals surface area (Å²) >= 11 is 0. The van der Waals surface area contributed by atoms with Gasteiger partial charge < -0.3 is 10.0 Å². The van der Waals surface area contributed by atoms with Crippen molar-refractivity contribution in [2.24, 2.45) is 0 Å². The average molecular weight is 277 g/mol. The molecule has 2 N–H and O–H groups in total. The highest BCUT2D eigenvalue weighted by Crippen LogP contribution is 2.25. The van der Waals surface area contributed by atoms with Crippen LogP contribution in [0.1, 0.15) is 29.4 Å². The number of carboxylic acids is 1. The van der Waals surface area contributed by atoms with Gasteiger partial charge in [0.15, 0.2) is 0 Å². The molecule has 2 rings (SSSR count). The van der Waals surface area contributed by atoms with Crippen molar-refractivity contribution in [2.75, 3.05) is 11.4 Å². The molecule has 1 aliphatic rings. The third-order valence-corrected chi connectivity index (χ3v) is 3.20. The van der Waals surface area contributed by atoms with E-state index in [-0.39, 0.29) is 12.1 Å². The van der Waals surface area contributed by atoms with Crippen molar-refractivity contribution in [1.29, 1.82) is 0 Å². The number of imide groups is 1. The van der Waals surface area contributed by atoms with Crippen LogP contribution in [-0.4, -0.2) is 40.5 Å². The van der Waals surface area contributed by atoms with E-state index >= 15 is 0 Å². The van der Waals surface area contributed by atoms with Crippen LogP contribution in [0.25, 0.3) is 0 Å². The summed E-state index contributed by atoms with van der Waals surface area (Å²) < 4.78 is 0. The molecule has 0 radical (unpaired) electrons. The number of amides is 2. The number of nitrogens with zero attached hydrogens (tertiary/aromatic N) is 2. The number of hydrogen-bond donors (Lipinski definition) is 2. The van der Waals surface area contributed by atoms with Crippen molar-refractivity contribution >= 4 is 23.5 Å². The summed E-state index contributed by atoms with van der Waals surface area (Å²) in [6.07, 6.45) is 1.72. The molecular weight excluding hydrogens is 262 g/mol. The normalized spacial score (nSPS) is 18.9. The number of nitrogens with one attached hydrogen (secondary N) is 1. The van der Waals surface area contributed by atoms with Crippen molar-refractivity contribution in [3.8, 4) is 0 Å². The Balaban J connectivity index is 2.52. The molecule has 2 heterocycles. The van der Waals surface area contributed by atoms with E-state index < -0.39 is 23.8 Å². The van der Waals surface area contributed by atoms with E-state index in [4.69, 9.17) is 0 Å². The van der Waals surface area contributed by atoms with Gasteiger partial charge in [0.05, 0.1) is 12.2 Å². The number of aromatic carboxylic acids is 1. The summed E-state index contributed by atoms with van der Waals surface area (Å²) in [5.41, 5.74) is 0.954. The van der Waals surface area contributed by atoms with E-state index in [1.807, 2.05) is 6.92 Å². The predicted molar refractivity (Wildman–Crippen MR) is 70.5 cm³/mol. The molecule has 1 unspecified atom stereocenters. The van der Waals surface area contributed by atoms with E-state index in [9.17, 15) is 19.5 Å². The van der Waals surface area contributed by atoms with Crippen LogP contribution in [-0.2, 0) is 9.59 Å². The van der Waals surface area contributed by atoms with Crippen LogP contribution in [0.2, 0.25) is 0 Å². The average Bonchev–Trinajstić information content (AvgIpc) is 2.37. The molecule has 106 valence electrons. The van der Waals surface area contributed by atoms with Gasteiger partial charge in [0, 0.05) is 11.9 Å². The van der Waals surface area contributed by atoms with Gasteiger partial charge in [-0.3, -0.25) is 19.9 Å². The summed E-state index contributed by atoms with van der Waals surface area (Å²) in [5, 5.41) is 11.5. The van der Waals surface area contributed by atoms with Crippen LogP contribution in [0.5, 0.6) is 0 Å². The molecule has 7 heteroatoms. The quantitative estimate of drug-likeness (QED) is 0.772. The molecule has 0 aromatic carbocycles. The molecule has 7 nitrogen and oxygen atoms in total. The second-order valence-corrected chi connectivity index (χ2v) is 4.61. The maximum atomic E-state index is 11.8. The number of anilines is 1. The largest absolute Gasteiger partial charge is 0.478 e. The molecule has 0 bridgehead atoms. The molecule has 2 amide bonds. The van der Waals surface area contributed by atoms with Gasteiger partial charge in [0.1, 0.15) is 11.6 Å². The Morgan fingerprint density at radius 3 is 2.85 bits per heavy atom. The minimum Gasteiger partial charge on any atom is -0.478 e. The summed E-state index contributed by atoms with van der Waals surface area (Å²) in [4.78, 5) is 40.2. The van der Waals surface area contributed by atoms with Gasteiger partial charge in [-0.25, -0.2) is 4.79 Å². The van der Waals surface area contributed by atoms with Gasteiger partial charge >= 0.3 is 5.97 Å². The minimum atomic E-state index is -1.14. The van der Waals surface area contributed by atoms with E-state index in [0.29, 0.717) is 17.8 Å². The second-order valence-electron chi connectivity index (χ2n) is 4.61. The number of hydrogen-bond acceptors (Lipinski definition) is 5. The number of carboxylic acid groups (broad SMARTS) is 1. The van der Waals surface area contributed by atoms with E-state index in [2.05, 4.69) is 10.3 Å². The second kappa shape index (κ2) is 5.28. The molecule has 1 fully saturated rings. The first kappa shape index (κ1) is 14.0. The van der Waals surface area contributed by atoms with E-state index in [1.54, 1.807) is 13.0 Å². The molecule has 20 heavy (non-hydrogen) atoms. The van der Waals surface area contributed by atoms with Crippen LogP contribution in [0.3, 0.4) is 0 Å². The zero-order valence-electron chi connectivity index (χ0n) is 11.2. The zero-order chi connectivity index (χ0) is 14.9. The van der Waals surface area contributed by atoms with Crippen molar-refractivity contribution < 1.29 is 19.5 Å². The third kappa shape index (κ3) is 2.47. The summed E-state index contributed by atoms with van der Waals surface area (Å²) in [5.74, 6) is -1.99. The van der Waals surface area contributed by atoms with Crippen molar-refractivity contribution in [2.45, 2.75) is 26.3 Å². The van der Waals surface area contributed by atoms with Crippen molar-refractivity contribution in [3.63, 3.8) is 0 Å². The molecule has 1 aliphatic heterocycles. The minimum absolute atomic E-state index is 0.0171. The number of piperazine rings is 1. The molecule has 0 aliphatic carbocycles. The van der Waals surface area contributed by atoms with Gasteiger partial charge in [-0.1, -0.05) is 6.92 Å². The lowest BCUT2D eigenvalue weighted by molar-refractivity contribution is -0.132. The lowest BCUT2D eigenvalue weighted by Gasteiger charge is -2.35. The van der Waals surface area contributed by atoms with Crippen LogP contribution in [0, 0.1) is 6.92 Å². The number of pyridine rings is 1. The fraction of sp³-hybridized carbons (Fsp3) is 0.385. The highest BCUT2D eigenvalue weighted by atomic mass is 16.4. The van der Waals surface area contributed by atoms with Gasteiger partial charge in [-0.2, -0.15) is 0 Å². The lowest BCUT2D eigenvalue weighted by atomic mass is 10.1. The molecule has 0 saturated carbocycles. The van der Waals surface area contributed by atoms with E-state index in [0.717, 1.165) is 0 Å². The maximum absolute atomic E-state index is 11.8. The number of aromatic nitrogens is 1. The zero-order valence-corrected chi connectivity index (χ0v) is 11.2. The Labute approximate surface area is 115 Å². The first-order valence-corrected chi connectivity index (χ1v) is 6.24. The molecule has 1 aromatic rings. The highest BCUT2D eigenvalue weighted by molar-refractivity contribution is 6.06. The van der Waals surface area contributed by atoms with Crippen molar-refractivity contribution in [1.82, 2.24) is 10.3 Å². The Hall–Kier alpha value is -2.44. The maximum Gasteiger partial charge on any atom is 0.339 e. The van der Waals surface area contributed by atoms with Gasteiger partial charge in [0.2, 0.25) is 11.8 Å². The smallest absolute Gasteiger partial charge is 0.339 e. The molecule has 1 saturated heterocycles. The molecule has 1 aromatic heterocycles. The van der Waals surface area contributed by atoms with Crippen LogP contribution >= 0.6 is 0 Å². The third-order valence-electron chi connectivity index (χ3n) is 3.20. The van der Waals surface area contributed by atoms with Crippen LogP contribution in [0.15, 0.2) is 12.3 Å². The summed E-state index contributed by atoms with van der Waals surface area (Å²) in [6.45, 7) is 3.48. The first-order valence-electron chi connectivity index (χ1n) is 6.24. The molecule has 1 atom stereocenters. The Bertz CT molecular complexity index is 585. The predicted octanol–water partition coefficient (Wildman–Crippen LogP) is 0.330. The van der Waals surface area contributed by atoms with Crippen LogP contribution < -0.4 is 10.2 Å². The first-order chi connectivity index (χ1) is 9.43. The Morgan fingerprint density at radius 2 is 2.25 bits per heavy atom. The standard InChI is InChI=1S/C13H15N3O4/c1-3-9-12(18)15-11(17)6-16(9)10-4-7(2)14-5-8(10)13(19)20/h4-5,9H,3,6H2,1-2H3,(H,19,20)(H,15,17,18). The van der Waals surface area contributed by atoms with Gasteiger partial charge in [-0.15, -0.1) is 0 Å². The molecular formula is C13H15N3O4. The van der Waals surface area contributed by atoms with Gasteiger partial charge in [-0.05, 0) is 19.4 Å². The number of aryl methyl sites for hydroxylation is 1. The Kier molecular flexibility index (Phi) is 3.69. The lowest BCUT2D eigenvalue weighted by Crippen LogP contribution is -2.58. The number of carbonyl (C=O) groups excluding carboxylic acids is 2.